The maximum absolute atomic E-state index is 11.3. The van der Waals surface area contributed by atoms with Crippen molar-refractivity contribution in [3.05, 3.63) is 0 Å². The van der Waals surface area contributed by atoms with E-state index in [0.29, 0.717) is 5.92 Å². The molecule has 0 aromatic heterocycles. The molecule has 3 unspecified atom stereocenters. The topological polar surface area (TPSA) is 26.3 Å². The molecule has 0 saturated heterocycles. The predicted molar refractivity (Wildman–Crippen MR) is 45.6 cm³/mol. The highest BCUT2D eigenvalue weighted by Crippen LogP contribution is 2.47. The molecule has 12 heavy (non-hydrogen) atoms. The van der Waals surface area contributed by atoms with E-state index in [2.05, 4.69) is 0 Å². The minimum atomic E-state index is 0.0319. The second kappa shape index (κ2) is 3.08. The highest BCUT2D eigenvalue weighted by Gasteiger charge is 2.42. The summed E-state index contributed by atoms with van der Waals surface area (Å²) in [6, 6.07) is 0. The minimum Gasteiger partial charge on any atom is -0.469 e. The van der Waals surface area contributed by atoms with Crippen LogP contribution in [0.3, 0.4) is 0 Å². The van der Waals surface area contributed by atoms with E-state index in [1.165, 1.54) is 32.8 Å². The van der Waals surface area contributed by atoms with Crippen molar-refractivity contribution in [2.24, 2.45) is 17.8 Å². The van der Waals surface area contributed by atoms with Crippen LogP contribution in [0.4, 0.5) is 0 Å². The van der Waals surface area contributed by atoms with Crippen LogP contribution in [0, 0.1) is 17.8 Å². The number of hydrogen-bond acceptors (Lipinski definition) is 2. The van der Waals surface area contributed by atoms with Gasteiger partial charge in [-0.05, 0) is 31.1 Å². The van der Waals surface area contributed by atoms with Gasteiger partial charge in [0.15, 0.2) is 0 Å². The van der Waals surface area contributed by atoms with Crippen LogP contribution in [0.25, 0.3) is 0 Å². The summed E-state index contributed by atoms with van der Waals surface area (Å²) in [4.78, 5) is 11.3. The van der Waals surface area contributed by atoms with Crippen molar-refractivity contribution in [1.82, 2.24) is 0 Å². The molecule has 0 spiro atoms. The van der Waals surface area contributed by atoms with Gasteiger partial charge in [0.05, 0.1) is 13.0 Å². The van der Waals surface area contributed by atoms with Gasteiger partial charge in [-0.3, -0.25) is 4.79 Å². The van der Waals surface area contributed by atoms with Crippen molar-refractivity contribution in [2.45, 2.75) is 32.1 Å². The Balaban J connectivity index is 2.04. The zero-order valence-corrected chi connectivity index (χ0v) is 7.58. The van der Waals surface area contributed by atoms with E-state index >= 15 is 0 Å². The van der Waals surface area contributed by atoms with Crippen LogP contribution in [0.2, 0.25) is 0 Å². The lowest BCUT2D eigenvalue weighted by Gasteiger charge is -2.15. The number of hydrogen-bond donors (Lipinski definition) is 0. The molecule has 0 aliphatic heterocycles. The highest BCUT2D eigenvalue weighted by atomic mass is 16.5. The summed E-state index contributed by atoms with van der Waals surface area (Å²) in [5, 5.41) is 0. The first kappa shape index (κ1) is 8.09. The molecule has 0 radical (unpaired) electrons. The number of rotatable bonds is 1. The number of ether oxygens (including phenoxy) is 1. The van der Waals surface area contributed by atoms with Gasteiger partial charge in [0.2, 0.25) is 0 Å². The first-order chi connectivity index (χ1) is 5.83. The summed E-state index contributed by atoms with van der Waals surface area (Å²) in [5.41, 5.74) is 0. The molecule has 2 fully saturated rings. The largest absolute Gasteiger partial charge is 0.469 e. The van der Waals surface area contributed by atoms with Crippen LogP contribution < -0.4 is 0 Å². The van der Waals surface area contributed by atoms with Crippen LogP contribution in [0.5, 0.6) is 0 Å². The lowest BCUT2D eigenvalue weighted by Crippen LogP contribution is -2.20. The quantitative estimate of drug-likeness (QED) is 0.560. The van der Waals surface area contributed by atoms with Crippen LogP contribution in [-0.2, 0) is 9.53 Å². The molecule has 0 bridgehead atoms. The monoisotopic (exact) mass is 168 g/mol. The predicted octanol–water partition coefficient (Wildman–Crippen LogP) is 1.99. The molecular weight excluding hydrogens is 152 g/mol. The SMILES string of the molecule is COC(=O)C1CCC2CCCC21. The molecule has 2 aliphatic rings. The fraction of sp³-hybridized carbons (Fsp3) is 0.900. The van der Waals surface area contributed by atoms with Crippen molar-refractivity contribution in [2.75, 3.05) is 7.11 Å². The molecule has 2 nitrogen and oxygen atoms in total. The first-order valence-corrected chi connectivity index (χ1v) is 4.90. The number of carbonyl (C=O) groups is 1. The molecular formula is C10H16O2. The second-order valence-electron chi connectivity index (χ2n) is 4.06. The summed E-state index contributed by atoms with van der Waals surface area (Å²) in [7, 11) is 1.50. The summed E-state index contributed by atoms with van der Waals surface area (Å²) in [5.74, 6) is 1.78. The van der Waals surface area contributed by atoms with Crippen molar-refractivity contribution in [3.63, 3.8) is 0 Å². The lowest BCUT2D eigenvalue weighted by molar-refractivity contribution is -0.146. The van der Waals surface area contributed by atoms with Crippen LogP contribution in [0.15, 0.2) is 0 Å². The number of methoxy groups -OCH3 is 1. The van der Waals surface area contributed by atoms with Gasteiger partial charge in [0.25, 0.3) is 0 Å². The summed E-state index contributed by atoms with van der Waals surface area (Å²) in [6.07, 6.45) is 6.25. The van der Waals surface area contributed by atoms with Gasteiger partial charge in [-0.1, -0.05) is 12.8 Å². The maximum Gasteiger partial charge on any atom is 0.308 e. The van der Waals surface area contributed by atoms with Gasteiger partial charge in [-0.25, -0.2) is 0 Å². The Morgan fingerprint density at radius 2 is 2.08 bits per heavy atom. The highest BCUT2D eigenvalue weighted by molar-refractivity contribution is 5.73. The van der Waals surface area contributed by atoms with Crippen LogP contribution in [0.1, 0.15) is 32.1 Å². The molecule has 0 aromatic carbocycles. The Hall–Kier alpha value is -0.530. The summed E-state index contributed by atoms with van der Waals surface area (Å²) >= 11 is 0. The Morgan fingerprint density at radius 3 is 2.83 bits per heavy atom. The Bertz CT molecular complexity index is 188. The second-order valence-corrected chi connectivity index (χ2v) is 4.06. The lowest BCUT2D eigenvalue weighted by atomic mass is 9.92. The molecule has 0 amide bonds. The number of carbonyl (C=O) groups excluding carboxylic acids is 1. The average Bonchev–Trinajstić information content (AvgIpc) is 2.62. The molecule has 2 aliphatic carbocycles. The standard InChI is InChI=1S/C10H16O2/c1-12-10(11)9-6-5-7-3-2-4-8(7)9/h7-9H,2-6H2,1H3. The van der Waals surface area contributed by atoms with E-state index in [4.69, 9.17) is 4.74 Å². The smallest absolute Gasteiger partial charge is 0.308 e. The number of esters is 1. The van der Waals surface area contributed by atoms with Crippen molar-refractivity contribution in [3.8, 4) is 0 Å². The average molecular weight is 168 g/mol. The van der Waals surface area contributed by atoms with E-state index in [1.54, 1.807) is 0 Å². The number of fused-ring (bicyclic) bond motifs is 1. The van der Waals surface area contributed by atoms with Crippen LogP contribution >= 0.6 is 0 Å². The Kier molecular flexibility index (Phi) is 2.07. The summed E-state index contributed by atoms with van der Waals surface area (Å²) < 4.78 is 4.80. The third-order valence-corrected chi connectivity index (χ3v) is 3.59. The molecule has 2 heteroatoms. The van der Waals surface area contributed by atoms with Crippen molar-refractivity contribution < 1.29 is 9.53 Å². The van der Waals surface area contributed by atoms with Gasteiger partial charge >= 0.3 is 5.97 Å². The first-order valence-electron chi connectivity index (χ1n) is 4.90. The molecule has 0 N–H and O–H groups in total. The Morgan fingerprint density at radius 1 is 1.25 bits per heavy atom. The molecule has 68 valence electrons. The Labute approximate surface area is 73.3 Å². The third-order valence-electron chi connectivity index (χ3n) is 3.59. The van der Waals surface area contributed by atoms with Crippen LogP contribution in [-0.4, -0.2) is 13.1 Å². The van der Waals surface area contributed by atoms with E-state index < -0.39 is 0 Å². The van der Waals surface area contributed by atoms with Gasteiger partial charge in [0.1, 0.15) is 0 Å². The van der Waals surface area contributed by atoms with Gasteiger partial charge in [0, 0.05) is 0 Å². The van der Waals surface area contributed by atoms with Gasteiger partial charge < -0.3 is 4.74 Å². The van der Waals surface area contributed by atoms with Gasteiger partial charge in [-0.15, -0.1) is 0 Å². The molecule has 2 rings (SSSR count). The molecule has 0 aromatic rings. The minimum absolute atomic E-state index is 0.0319. The van der Waals surface area contributed by atoms with E-state index in [0.717, 1.165) is 12.3 Å². The normalized spacial score (nSPS) is 39.6. The van der Waals surface area contributed by atoms with E-state index in [-0.39, 0.29) is 11.9 Å². The van der Waals surface area contributed by atoms with Crippen molar-refractivity contribution in [1.29, 1.82) is 0 Å². The third kappa shape index (κ3) is 1.13. The zero-order chi connectivity index (χ0) is 8.55. The summed E-state index contributed by atoms with van der Waals surface area (Å²) in [6.45, 7) is 0. The molecule has 3 atom stereocenters. The fourth-order valence-corrected chi connectivity index (χ4v) is 3.01. The zero-order valence-electron chi connectivity index (χ0n) is 7.58. The fourth-order valence-electron chi connectivity index (χ4n) is 3.01. The van der Waals surface area contributed by atoms with Gasteiger partial charge in [-0.2, -0.15) is 0 Å². The van der Waals surface area contributed by atoms with E-state index in [9.17, 15) is 4.79 Å². The maximum atomic E-state index is 11.3. The van der Waals surface area contributed by atoms with E-state index in [1.807, 2.05) is 0 Å². The molecule has 0 heterocycles. The molecule has 2 saturated carbocycles. The van der Waals surface area contributed by atoms with Crippen molar-refractivity contribution >= 4 is 5.97 Å².